The van der Waals surface area contributed by atoms with E-state index in [1.165, 1.54) is 19.6 Å². The Bertz CT molecular complexity index is 276. The highest BCUT2D eigenvalue weighted by molar-refractivity contribution is 5.69. The van der Waals surface area contributed by atoms with Crippen LogP contribution in [0.4, 0.5) is 0 Å². The van der Waals surface area contributed by atoms with Crippen molar-refractivity contribution < 1.29 is 14.6 Å². The van der Waals surface area contributed by atoms with Crippen molar-refractivity contribution in [2.45, 2.75) is 12.5 Å². The van der Waals surface area contributed by atoms with Gasteiger partial charge in [-0.3, -0.25) is 4.79 Å². The predicted octanol–water partition coefficient (Wildman–Crippen LogP) is 0.0731. The van der Waals surface area contributed by atoms with E-state index in [1.54, 1.807) is 6.07 Å². The van der Waals surface area contributed by atoms with Crippen LogP contribution < -0.4 is 0 Å². The second kappa shape index (κ2) is 4.51. The number of esters is 1. The largest absolute Gasteiger partial charge is 0.469 e. The number of methoxy groups -OCH3 is 1. The lowest BCUT2D eigenvalue weighted by atomic mass is 10.2. The molecule has 0 saturated heterocycles. The molecule has 0 unspecified atom stereocenters. The maximum atomic E-state index is 10.8. The molecular formula is C8H10N2O3. The van der Waals surface area contributed by atoms with Gasteiger partial charge < -0.3 is 9.84 Å². The van der Waals surface area contributed by atoms with E-state index in [0.29, 0.717) is 5.69 Å². The molecule has 0 aromatic carbocycles. The number of rotatable bonds is 3. The average Bonchev–Trinajstić information content (AvgIpc) is 2.19. The summed E-state index contributed by atoms with van der Waals surface area (Å²) in [6.45, 7) is 0. The van der Waals surface area contributed by atoms with Gasteiger partial charge in [-0.25, -0.2) is 9.97 Å². The molecule has 13 heavy (non-hydrogen) atoms. The first kappa shape index (κ1) is 9.60. The van der Waals surface area contributed by atoms with Crippen LogP contribution in [0.3, 0.4) is 0 Å². The second-order valence-corrected chi connectivity index (χ2v) is 2.43. The molecule has 0 fully saturated rings. The molecule has 1 N–H and O–H groups in total. The zero-order valence-electron chi connectivity index (χ0n) is 7.17. The highest BCUT2D eigenvalue weighted by Gasteiger charge is 2.13. The van der Waals surface area contributed by atoms with Gasteiger partial charge in [0.25, 0.3) is 0 Å². The Morgan fingerprint density at radius 3 is 3.08 bits per heavy atom. The summed E-state index contributed by atoms with van der Waals surface area (Å²) in [6, 6.07) is 1.55. The van der Waals surface area contributed by atoms with E-state index >= 15 is 0 Å². The Balaban J connectivity index is 2.59. The Labute approximate surface area is 75.4 Å². The zero-order chi connectivity index (χ0) is 9.68. The third-order valence-corrected chi connectivity index (χ3v) is 1.53. The molecule has 0 saturated carbocycles. The van der Waals surface area contributed by atoms with Crippen LogP contribution in [-0.4, -0.2) is 28.2 Å². The molecule has 5 heteroatoms. The van der Waals surface area contributed by atoms with Crippen LogP contribution in [0.15, 0.2) is 18.6 Å². The van der Waals surface area contributed by atoms with E-state index in [-0.39, 0.29) is 6.42 Å². The third kappa shape index (κ3) is 2.79. The first-order chi connectivity index (χ1) is 6.24. The Morgan fingerprint density at radius 2 is 2.54 bits per heavy atom. The molecule has 1 heterocycles. The molecule has 0 spiro atoms. The molecule has 0 aliphatic rings. The van der Waals surface area contributed by atoms with E-state index in [1.807, 2.05) is 0 Å². The van der Waals surface area contributed by atoms with Gasteiger partial charge in [0, 0.05) is 6.20 Å². The fourth-order valence-corrected chi connectivity index (χ4v) is 0.844. The standard InChI is InChI=1S/C8H10N2O3/c1-13-8(12)4-7(11)6-2-3-9-5-10-6/h2-3,5,7,11H,4H2,1H3/t7-/m0/s1. The van der Waals surface area contributed by atoms with Crippen molar-refractivity contribution in [2.75, 3.05) is 7.11 Å². The maximum Gasteiger partial charge on any atom is 0.308 e. The highest BCUT2D eigenvalue weighted by atomic mass is 16.5. The van der Waals surface area contributed by atoms with Gasteiger partial charge in [0.1, 0.15) is 12.4 Å². The highest BCUT2D eigenvalue weighted by Crippen LogP contribution is 2.12. The summed E-state index contributed by atoms with van der Waals surface area (Å²) in [5, 5.41) is 9.43. The summed E-state index contributed by atoms with van der Waals surface area (Å²) in [7, 11) is 1.27. The quantitative estimate of drug-likeness (QED) is 0.670. The number of carbonyl (C=O) groups is 1. The Hall–Kier alpha value is -1.49. The van der Waals surface area contributed by atoms with Crippen molar-refractivity contribution in [3.63, 3.8) is 0 Å². The third-order valence-electron chi connectivity index (χ3n) is 1.53. The topological polar surface area (TPSA) is 72.3 Å². The predicted molar refractivity (Wildman–Crippen MR) is 43.6 cm³/mol. The maximum absolute atomic E-state index is 10.8. The molecule has 0 aliphatic heterocycles. The molecule has 1 aromatic rings. The number of aliphatic hydroxyl groups excluding tert-OH is 1. The fourth-order valence-electron chi connectivity index (χ4n) is 0.844. The number of ether oxygens (including phenoxy) is 1. The van der Waals surface area contributed by atoms with Crippen molar-refractivity contribution >= 4 is 5.97 Å². The number of nitrogens with zero attached hydrogens (tertiary/aromatic N) is 2. The summed E-state index contributed by atoms with van der Waals surface area (Å²) in [6.07, 6.45) is 1.81. The van der Waals surface area contributed by atoms with Crippen molar-refractivity contribution in [1.29, 1.82) is 0 Å². The summed E-state index contributed by atoms with van der Waals surface area (Å²) >= 11 is 0. The van der Waals surface area contributed by atoms with Crippen LogP contribution in [0, 0.1) is 0 Å². The normalized spacial score (nSPS) is 12.2. The van der Waals surface area contributed by atoms with E-state index in [0.717, 1.165) is 0 Å². The SMILES string of the molecule is COC(=O)C[C@H](O)c1ccncn1. The van der Waals surface area contributed by atoms with Gasteiger partial charge in [-0.05, 0) is 6.07 Å². The number of aliphatic hydroxyl groups is 1. The van der Waals surface area contributed by atoms with Gasteiger partial charge in [-0.15, -0.1) is 0 Å². The minimum Gasteiger partial charge on any atom is -0.469 e. The van der Waals surface area contributed by atoms with Crippen LogP contribution in [0.1, 0.15) is 18.2 Å². The number of hydrogen-bond donors (Lipinski definition) is 1. The van der Waals surface area contributed by atoms with Gasteiger partial charge in [0.2, 0.25) is 0 Å². The lowest BCUT2D eigenvalue weighted by Crippen LogP contribution is -2.09. The van der Waals surface area contributed by atoms with E-state index in [4.69, 9.17) is 0 Å². The van der Waals surface area contributed by atoms with Gasteiger partial charge in [0.05, 0.1) is 19.2 Å². The van der Waals surface area contributed by atoms with Crippen LogP contribution in [-0.2, 0) is 9.53 Å². The van der Waals surface area contributed by atoms with E-state index in [9.17, 15) is 9.90 Å². The molecule has 1 aromatic heterocycles. The summed E-state index contributed by atoms with van der Waals surface area (Å²) in [4.78, 5) is 18.3. The van der Waals surface area contributed by atoms with E-state index in [2.05, 4.69) is 14.7 Å². The Morgan fingerprint density at radius 1 is 1.77 bits per heavy atom. The van der Waals surface area contributed by atoms with Crippen molar-refractivity contribution in [3.05, 3.63) is 24.3 Å². The van der Waals surface area contributed by atoms with Gasteiger partial charge in [-0.2, -0.15) is 0 Å². The molecule has 0 radical (unpaired) electrons. The monoisotopic (exact) mass is 182 g/mol. The lowest BCUT2D eigenvalue weighted by Gasteiger charge is -2.06. The van der Waals surface area contributed by atoms with Gasteiger partial charge in [-0.1, -0.05) is 0 Å². The molecule has 0 bridgehead atoms. The average molecular weight is 182 g/mol. The van der Waals surface area contributed by atoms with Crippen LogP contribution in [0.2, 0.25) is 0 Å². The smallest absolute Gasteiger partial charge is 0.308 e. The first-order valence-corrected chi connectivity index (χ1v) is 3.75. The van der Waals surface area contributed by atoms with E-state index < -0.39 is 12.1 Å². The second-order valence-electron chi connectivity index (χ2n) is 2.43. The number of aromatic nitrogens is 2. The molecule has 70 valence electrons. The molecular weight excluding hydrogens is 172 g/mol. The zero-order valence-corrected chi connectivity index (χ0v) is 7.17. The van der Waals surface area contributed by atoms with Gasteiger partial charge in [0.15, 0.2) is 0 Å². The summed E-state index contributed by atoms with van der Waals surface area (Å²) in [5.41, 5.74) is 0.417. The first-order valence-electron chi connectivity index (χ1n) is 3.75. The van der Waals surface area contributed by atoms with Crippen molar-refractivity contribution in [3.8, 4) is 0 Å². The molecule has 1 atom stereocenters. The van der Waals surface area contributed by atoms with Gasteiger partial charge >= 0.3 is 5.97 Å². The minimum atomic E-state index is -0.921. The van der Waals surface area contributed by atoms with Crippen LogP contribution in [0.25, 0.3) is 0 Å². The van der Waals surface area contributed by atoms with Crippen LogP contribution in [0.5, 0.6) is 0 Å². The molecule has 1 rings (SSSR count). The lowest BCUT2D eigenvalue weighted by molar-refractivity contribution is -0.142. The number of hydrogen-bond acceptors (Lipinski definition) is 5. The minimum absolute atomic E-state index is 0.0898. The summed E-state index contributed by atoms with van der Waals surface area (Å²) in [5.74, 6) is -0.467. The van der Waals surface area contributed by atoms with Crippen molar-refractivity contribution in [1.82, 2.24) is 9.97 Å². The molecule has 0 amide bonds. The number of carbonyl (C=O) groups excluding carboxylic acids is 1. The van der Waals surface area contributed by atoms with Crippen LogP contribution >= 0.6 is 0 Å². The molecule has 5 nitrogen and oxygen atoms in total. The molecule has 0 aliphatic carbocycles. The van der Waals surface area contributed by atoms with Crippen molar-refractivity contribution in [2.24, 2.45) is 0 Å². The summed E-state index contributed by atoms with van der Waals surface area (Å²) < 4.78 is 4.40. The fraction of sp³-hybridized carbons (Fsp3) is 0.375. The Kier molecular flexibility index (Phi) is 3.33.